The predicted molar refractivity (Wildman–Crippen MR) is 95.4 cm³/mol. The van der Waals surface area contributed by atoms with E-state index in [0.717, 1.165) is 26.3 Å². The fourth-order valence-electron chi connectivity index (χ4n) is 2.84. The molecule has 0 aliphatic carbocycles. The molecule has 2 amide bonds. The quantitative estimate of drug-likeness (QED) is 0.873. The van der Waals surface area contributed by atoms with Crippen LogP contribution in [0.15, 0.2) is 35.8 Å². The van der Waals surface area contributed by atoms with Crippen LogP contribution in [0.25, 0.3) is 0 Å². The molecule has 7 heteroatoms. The normalized spacial score (nSPS) is 16.5. The van der Waals surface area contributed by atoms with Crippen LogP contribution in [0.1, 0.15) is 17.2 Å². The summed E-state index contributed by atoms with van der Waals surface area (Å²) < 4.78 is 5.46. The lowest BCUT2D eigenvalue weighted by Crippen LogP contribution is -2.44. The lowest BCUT2D eigenvalue weighted by atomic mass is 10.0. The number of nitrogens with zero attached hydrogens (tertiary/aromatic N) is 2. The molecule has 2 heterocycles. The van der Waals surface area contributed by atoms with Crippen molar-refractivity contribution in [1.29, 1.82) is 0 Å². The van der Waals surface area contributed by atoms with E-state index >= 15 is 0 Å². The minimum absolute atomic E-state index is 0.135. The average Bonchev–Trinajstić information content (AvgIpc) is 3.09. The molecule has 2 aromatic rings. The molecule has 6 nitrogen and oxygen atoms in total. The number of aromatic nitrogens is 1. The van der Waals surface area contributed by atoms with Crippen molar-refractivity contribution in [3.05, 3.63) is 47.0 Å². The van der Waals surface area contributed by atoms with Gasteiger partial charge in [-0.05, 0) is 12.5 Å². The number of anilines is 1. The monoisotopic (exact) mass is 346 g/mol. The highest BCUT2D eigenvalue weighted by Crippen LogP contribution is 2.22. The van der Waals surface area contributed by atoms with E-state index in [1.165, 1.54) is 22.5 Å². The zero-order valence-electron chi connectivity index (χ0n) is 13.7. The Kier molecular flexibility index (Phi) is 5.79. The van der Waals surface area contributed by atoms with Crippen molar-refractivity contribution in [2.75, 3.05) is 38.2 Å². The van der Waals surface area contributed by atoms with Gasteiger partial charge in [-0.1, -0.05) is 29.8 Å². The number of benzene rings is 1. The van der Waals surface area contributed by atoms with Crippen molar-refractivity contribution >= 4 is 22.5 Å². The Hall–Kier alpha value is -1.96. The van der Waals surface area contributed by atoms with E-state index in [-0.39, 0.29) is 12.1 Å². The minimum Gasteiger partial charge on any atom is -0.379 e. The molecule has 1 aromatic heterocycles. The summed E-state index contributed by atoms with van der Waals surface area (Å²) in [7, 11) is 0. The number of amides is 2. The molecule has 1 saturated heterocycles. The molecule has 1 aliphatic heterocycles. The number of carbonyl (C=O) groups is 1. The lowest BCUT2D eigenvalue weighted by Gasteiger charge is -2.35. The zero-order valence-corrected chi connectivity index (χ0v) is 14.5. The third-order valence-corrected chi connectivity index (χ3v) is 4.71. The third kappa shape index (κ3) is 4.53. The number of hydrogen-bond acceptors (Lipinski definition) is 5. The van der Waals surface area contributed by atoms with Gasteiger partial charge in [0.1, 0.15) is 0 Å². The van der Waals surface area contributed by atoms with Crippen LogP contribution in [0.3, 0.4) is 0 Å². The Morgan fingerprint density at radius 3 is 2.96 bits per heavy atom. The highest BCUT2D eigenvalue weighted by atomic mass is 32.1. The van der Waals surface area contributed by atoms with Crippen LogP contribution >= 0.6 is 11.3 Å². The molecular weight excluding hydrogens is 324 g/mol. The summed E-state index contributed by atoms with van der Waals surface area (Å²) in [6.07, 6.45) is 1.67. The second kappa shape index (κ2) is 8.23. The van der Waals surface area contributed by atoms with Gasteiger partial charge in [-0.25, -0.2) is 9.78 Å². The predicted octanol–water partition coefficient (Wildman–Crippen LogP) is 2.65. The van der Waals surface area contributed by atoms with Crippen molar-refractivity contribution in [1.82, 2.24) is 15.2 Å². The highest BCUT2D eigenvalue weighted by molar-refractivity contribution is 7.13. The van der Waals surface area contributed by atoms with Crippen molar-refractivity contribution in [3.8, 4) is 0 Å². The van der Waals surface area contributed by atoms with Gasteiger partial charge >= 0.3 is 6.03 Å². The fourth-order valence-corrected chi connectivity index (χ4v) is 3.36. The molecule has 0 unspecified atom stereocenters. The molecule has 0 saturated carbocycles. The van der Waals surface area contributed by atoms with E-state index in [0.29, 0.717) is 11.7 Å². The Labute approximate surface area is 145 Å². The van der Waals surface area contributed by atoms with Gasteiger partial charge in [0.25, 0.3) is 0 Å². The van der Waals surface area contributed by atoms with E-state index in [2.05, 4.69) is 51.7 Å². The van der Waals surface area contributed by atoms with Gasteiger partial charge in [0.15, 0.2) is 5.13 Å². The second-order valence-electron chi connectivity index (χ2n) is 5.75. The van der Waals surface area contributed by atoms with Gasteiger partial charge in [0.05, 0.1) is 19.3 Å². The van der Waals surface area contributed by atoms with Gasteiger partial charge in [-0.15, -0.1) is 11.3 Å². The lowest BCUT2D eigenvalue weighted by molar-refractivity contribution is 0.0168. The number of aryl methyl sites for hydroxylation is 1. The van der Waals surface area contributed by atoms with E-state index in [1.807, 2.05) is 5.38 Å². The van der Waals surface area contributed by atoms with E-state index in [4.69, 9.17) is 4.74 Å². The molecule has 1 aliphatic rings. The molecule has 1 aromatic carbocycles. The summed E-state index contributed by atoms with van der Waals surface area (Å²) >= 11 is 1.40. The maximum atomic E-state index is 12.1. The molecule has 1 fully saturated rings. The summed E-state index contributed by atoms with van der Waals surface area (Å²) in [6.45, 7) is 5.83. The number of ether oxygens (including phenoxy) is 1. The van der Waals surface area contributed by atoms with Crippen molar-refractivity contribution in [2.24, 2.45) is 0 Å². The number of morpholine rings is 1. The van der Waals surface area contributed by atoms with Crippen LogP contribution in [0.4, 0.5) is 9.93 Å². The van der Waals surface area contributed by atoms with E-state index in [1.54, 1.807) is 6.20 Å². The SMILES string of the molecule is Cc1cccc([C@@H](CNC(=O)Nc2nccs2)N2CCOCC2)c1. The molecular formula is C17H22N4O2S. The van der Waals surface area contributed by atoms with Crippen LogP contribution in [0, 0.1) is 6.92 Å². The largest absolute Gasteiger partial charge is 0.379 e. The van der Waals surface area contributed by atoms with Crippen LogP contribution < -0.4 is 10.6 Å². The Morgan fingerprint density at radius 1 is 1.42 bits per heavy atom. The van der Waals surface area contributed by atoms with Crippen molar-refractivity contribution < 1.29 is 9.53 Å². The number of hydrogen-bond donors (Lipinski definition) is 2. The fraction of sp³-hybridized carbons (Fsp3) is 0.412. The van der Waals surface area contributed by atoms with Gasteiger partial charge in [-0.3, -0.25) is 10.2 Å². The van der Waals surface area contributed by atoms with Crippen LogP contribution in [-0.4, -0.2) is 48.8 Å². The van der Waals surface area contributed by atoms with Crippen molar-refractivity contribution in [2.45, 2.75) is 13.0 Å². The van der Waals surface area contributed by atoms with E-state index < -0.39 is 0 Å². The number of carbonyl (C=O) groups excluding carboxylic acids is 1. The summed E-state index contributed by atoms with van der Waals surface area (Å²) in [5.74, 6) is 0. The summed E-state index contributed by atoms with van der Waals surface area (Å²) in [5, 5.41) is 8.16. The maximum Gasteiger partial charge on any atom is 0.321 e. The van der Waals surface area contributed by atoms with Gasteiger partial charge in [-0.2, -0.15) is 0 Å². The molecule has 0 spiro atoms. The molecule has 0 bridgehead atoms. The van der Waals surface area contributed by atoms with Gasteiger partial charge in [0, 0.05) is 31.2 Å². The van der Waals surface area contributed by atoms with Crippen LogP contribution in [-0.2, 0) is 4.74 Å². The first-order chi connectivity index (χ1) is 11.7. The molecule has 24 heavy (non-hydrogen) atoms. The molecule has 3 rings (SSSR count). The molecule has 0 radical (unpaired) electrons. The number of thiazole rings is 1. The van der Waals surface area contributed by atoms with Crippen LogP contribution in [0.5, 0.6) is 0 Å². The first kappa shape index (κ1) is 16.9. The Balaban J connectivity index is 1.66. The van der Waals surface area contributed by atoms with E-state index in [9.17, 15) is 4.79 Å². The Morgan fingerprint density at radius 2 is 2.25 bits per heavy atom. The standard InChI is InChI=1S/C17H22N4O2S/c1-13-3-2-4-14(11-13)15(21-6-8-23-9-7-21)12-19-16(22)20-17-18-5-10-24-17/h2-5,10-11,15H,6-9,12H2,1H3,(H2,18,19,20,22)/t15-/m1/s1. The summed E-state index contributed by atoms with van der Waals surface area (Å²) in [4.78, 5) is 18.5. The maximum absolute atomic E-state index is 12.1. The first-order valence-electron chi connectivity index (χ1n) is 8.05. The smallest absolute Gasteiger partial charge is 0.321 e. The first-order valence-corrected chi connectivity index (χ1v) is 8.93. The van der Waals surface area contributed by atoms with Gasteiger partial charge < -0.3 is 10.1 Å². The molecule has 2 N–H and O–H groups in total. The van der Waals surface area contributed by atoms with Crippen LogP contribution in [0.2, 0.25) is 0 Å². The second-order valence-corrected chi connectivity index (χ2v) is 6.65. The molecule has 128 valence electrons. The number of nitrogens with one attached hydrogen (secondary N) is 2. The molecule has 1 atom stereocenters. The van der Waals surface area contributed by atoms with Gasteiger partial charge in [0.2, 0.25) is 0 Å². The highest BCUT2D eigenvalue weighted by Gasteiger charge is 2.23. The zero-order chi connectivity index (χ0) is 16.8. The Bertz CT molecular complexity index is 656. The average molecular weight is 346 g/mol. The third-order valence-electron chi connectivity index (χ3n) is 4.02. The minimum atomic E-state index is -0.226. The van der Waals surface area contributed by atoms with Crippen molar-refractivity contribution in [3.63, 3.8) is 0 Å². The summed E-state index contributed by atoms with van der Waals surface area (Å²) in [6, 6.07) is 8.36. The number of rotatable bonds is 5. The topological polar surface area (TPSA) is 66.5 Å². The number of urea groups is 1. The summed E-state index contributed by atoms with van der Waals surface area (Å²) in [5.41, 5.74) is 2.43.